The molecule has 2 aromatic rings. The topological polar surface area (TPSA) is 78.6 Å². The Hall–Kier alpha value is -2.74. The fourth-order valence-electron chi connectivity index (χ4n) is 3.46. The third-order valence-corrected chi connectivity index (χ3v) is 4.95. The predicted octanol–water partition coefficient (Wildman–Crippen LogP) is 2.55. The number of piperidine rings is 1. The van der Waals surface area contributed by atoms with Crippen LogP contribution in [0.4, 0.5) is 17.5 Å². The Kier molecular flexibility index (Phi) is 5.85. The number of non-ortho nitro benzene ring substituents is 1. The molecule has 0 saturated carbocycles. The molecular weight excluding hydrogens is 344 g/mol. The maximum absolute atomic E-state index is 11.0. The van der Waals surface area contributed by atoms with Crippen molar-refractivity contribution in [1.82, 2.24) is 14.9 Å². The van der Waals surface area contributed by atoms with Gasteiger partial charge in [-0.25, -0.2) is 4.98 Å². The number of hydrogen-bond donors (Lipinski definition) is 0. The fraction of sp³-hybridized carbons (Fsp3) is 0.474. The number of hydrogen-bond acceptors (Lipinski definition) is 7. The van der Waals surface area contributed by atoms with Crippen LogP contribution >= 0.6 is 0 Å². The molecule has 27 heavy (non-hydrogen) atoms. The smallest absolute Gasteiger partial charge is 0.269 e. The first-order chi connectivity index (χ1) is 12.9. The van der Waals surface area contributed by atoms with Crippen molar-refractivity contribution in [3.05, 3.63) is 52.2 Å². The van der Waals surface area contributed by atoms with E-state index in [1.807, 2.05) is 31.1 Å². The van der Waals surface area contributed by atoms with E-state index in [0.29, 0.717) is 12.0 Å². The van der Waals surface area contributed by atoms with Crippen LogP contribution < -0.4 is 9.80 Å². The van der Waals surface area contributed by atoms with Crippen LogP contribution in [-0.2, 0) is 6.54 Å². The summed E-state index contributed by atoms with van der Waals surface area (Å²) in [6.07, 6.45) is 3.98. The summed E-state index contributed by atoms with van der Waals surface area (Å²) in [5.74, 6) is 1.61. The van der Waals surface area contributed by atoms with Gasteiger partial charge < -0.3 is 9.80 Å². The second kappa shape index (κ2) is 8.30. The van der Waals surface area contributed by atoms with Crippen molar-refractivity contribution in [3.8, 4) is 0 Å². The Bertz CT molecular complexity index is 797. The van der Waals surface area contributed by atoms with Gasteiger partial charge in [-0.05, 0) is 31.0 Å². The van der Waals surface area contributed by atoms with Crippen molar-refractivity contribution >= 4 is 17.5 Å². The highest BCUT2D eigenvalue weighted by molar-refractivity contribution is 5.43. The molecular formula is C19H26N6O2. The second-order valence-corrected chi connectivity index (χ2v) is 7.18. The van der Waals surface area contributed by atoms with E-state index in [9.17, 15) is 10.1 Å². The molecule has 0 radical (unpaired) electrons. The Balaban J connectivity index is 1.68. The largest absolute Gasteiger partial charge is 0.355 e. The highest BCUT2D eigenvalue weighted by Gasteiger charge is 2.24. The van der Waals surface area contributed by atoms with Crippen LogP contribution in [0.2, 0.25) is 0 Å². The summed E-state index contributed by atoms with van der Waals surface area (Å²) in [6, 6.07) is 9.20. The predicted molar refractivity (Wildman–Crippen MR) is 106 cm³/mol. The van der Waals surface area contributed by atoms with Crippen molar-refractivity contribution in [2.24, 2.45) is 0 Å². The van der Waals surface area contributed by atoms with E-state index in [2.05, 4.69) is 26.8 Å². The summed E-state index contributed by atoms with van der Waals surface area (Å²) in [7, 11) is 5.93. The van der Waals surface area contributed by atoms with Gasteiger partial charge in [0, 0.05) is 58.6 Å². The first-order valence-corrected chi connectivity index (χ1v) is 9.13. The van der Waals surface area contributed by atoms with Gasteiger partial charge in [0.1, 0.15) is 5.82 Å². The highest BCUT2D eigenvalue weighted by atomic mass is 16.6. The molecule has 1 unspecified atom stereocenters. The minimum Gasteiger partial charge on any atom is -0.355 e. The molecule has 2 heterocycles. The van der Waals surface area contributed by atoms with Gasteiger partial charge in [-0.15, -0.1) is 0 Å². The molecule has 0 bridgehead atoms. The maximum atomic E-state index is 11.0. The van der Waals surface area contributed by atoms with Crippen molar-refractivity contribution in [2.45, 2.75) is 25.4 Å². The zero-order valence-electron chi connectivity index (χ0n) is 16.1. The van der Waals surface area contributed by atoms with Gasteiger partial charge in [0.15, 0.2) is 0 Å². The number of rotatable bonds is 6. The van der Waals surface area contributed by atoms with Crippen LogP contribution in [0.1, 0.15) is 18.4 Å². The van der Waals surface area contributed by atoms with Crippen LogP contribution in [0.3, 0.4) is 0 Å². The number of nitro benzene ring substituents is 1. The fourth-order valence-corrected chi connectivity index (χ4v) is 3.46. The summed E-state index contributed by atoms with van der Waals surface area (Å²) < 4.78 is 0. The minimum atomic E-state index is -0.340. The van der Waals surface area contributed by atoms with E-state index < -0.39 is 0 Å². The number of aromatic nitrogens is 2. The molecule has 8 nitrogen and oxygen atoms in total. The molecule has 0 amide bonds. The molecule has 3 rings (SSSR count). The average Bonchev–Trinajstić information content (AvgIpc) is 2.68. The molecule has 0 spiro atoms. The molecule has 1 aliphatic rings. The molecule has 1 saturated heterocycles. The molecule has 1 aromatic carbocycles. The van der Waals surface area contributed by atoms with E-state index >= 15 is 0 Å². The lowest BCUT2D eigenvalue weighted by atomic mass is 10.0. The summed E-state index contributed by atoms with van der Waals surface area (Å²) in [5.41, 5.74) is 1.12. The van der Waals surface area contributed by atoms with E-state index in [1.165, 1.54) is 6.07 Å². The third kappa shape index (κ3) is 4.71. The van der Waals surface area contributed by atoms with Gasteiger partial charge in [-0.1, -0.05) is 12.1 Å². The van der Waals surface area contributed by atoms with Gasteiger partial charge in [-0.3, -0.25) is 15.0 Å². The van der Waals surface area contributed by atoms with Crippen molar-refractivity contribution in [3.63, 3.8) is 0 Å². The average molecular weight is 370 g/mol. The second-order valence-electron chi connectivity index (χ2n) is 7.18. The Morgan fingerprint density at radius 1 is 1.30 bits per heavy atom. The quantitative estimate of drug-likeness (QED) is 0.571. The number of likely N-dealkylation sites (tertiary alicyclic amines) is 1. The van der Waals surface area contributed by atoms with Crippen LogP contribution in [0.25, 0.3) is 0 Å². The normalized spacial score (nSPS) is 17.5. The number of benzene rings is 1. The van der Waals surface area contributed by atoms with Crippen LogP contribution in [0, 0.1) is 10.1 Å². The summed E-state index contributed by atoms with van der Waals surface area (Å²) in [6.45, 7) is 2.62. The van der Waals surface area contributed by atoms with Gasteiger partial charge in [0.25, 0.3) is 5.69 Å². The lowest BCUT2D eigenvalue weighted by Crippen LogP contribution is -2.46. The maximum Gasteiger partial charge on any atom is 0.269 e. The van der Waals surface area contributed by atoms with E-state index in [1.54, 1.807) is 18.3 Å². The molecule has 144 valence electrons. The Morgan fingerprint density at radius 3 is 2.85 bits per heavy atom. The van der Waals surface area contributed by atoms with Crippen LogP contribution in [0.15, 0.2) is 36.5 Å². The Labute approximate surface area is 159 Å². The van der Waals surface area contributed by atoms with Crippen LogP contribution in [0.5, 0.6) is 0 Å². The van der Waals surface area contributed by atoms with E-state index in [4.69, 9.17) is 0 Å². The van der Waals surface area contributed by atoms with E-state index in [-0.39, 0.29) is 10.6 Å². The zero-order chi connectivity index (χ0) is 19.4. The number of nitrogens with zero attached hydrogens (tertiary/aromatic N) is 6. The standard InChI is InChI=1S/C19H26N6O2/c1-22(2)19-20-10-9-18(21-19)23(3)17-8-5-11-24(14-17)13-15-6-4-7-16(12-15)25(26)27/h4,6-7,9-10,12,17H,5,8,11,13-14H2,1-3H3. The molecule has 1 aromatic heterocycles. The number of likely N-dealkylation sites (N-methyl/N-ethyl adjacent to an activating group) is 1. The summed E-state index contributed by atoms with van der Waals surface area (Å²) in [4.78, 5) is 26.0. The van der Waals surface area contributed by atoms with Crippen molar-refractivity contribution in [1.29, 1.82) is 0 Å². The van der Waals surface area contributed by atoms with Gasteiger partial charge in [-0.2, -0.15) is 4.98 Å². The van der Waals surface area contributed by atoms with Crippen molar-refractivity contribution < 1.29 is 4.92 Å². The third-order valence-electron chi connectivity index (χ3n) is 4.95. The molecule has 1 atom stereocenters. The summed E-state index contributed by atoms with van der Waals surface area (Å²) >= 11 is 0. The van der Waals surface area contributed by atoms with Crippen LogP contribution in [-0.4, -0.2) is 60.1 Å². The van der Waals surface area contributed by atoms with Gasteiger partial charge in [0.05, 0.1) is 4.92 Å². The lowest BCUT2D eigenvalue weighted by Gasteiger charge is -2.38. The molecule has 1 fully saturated rings. The molecule has 1 aliphatic heterocycles. The number of anilines is 2. The van der Waals surface area contributed by atoms with E-state index in [0.717, 1.165) is 43.9 Å². The first-order valence-electron chi connectivity index (χ1n) is 9.13. The SMILES string of the molecule is CN(C)c1nccc(N(C)C2CCCN(Cc3cccc([N+](=O)[O-])c3)C2)n1. The molecule has 0 N–H and O–H groups in total. The Morgan fingerprint density at radius 2 is 2.11 bits per heavy atom. The highest BCUT2D eigenvalue weighted by Crippen LogP contribution is 2.23. The minimum absolute atomic E-state index is 0.148. The number of nitro groups is 1. The van der Waals surface area contributed by atoms with Crippen molar-refractivity contribution in [2.75, 3.05) is 44.0 Å². The lowest BCUT2D eigenvalue weighted by molar-refractivity contribution is -0.384. The summed E-state index contributed by atoms with van der Waals surface area (Å²) in [5, 5.41) is 11.0. The first kappa shape index (κ1) is 19.0. The monoisotopic (exact) mass is 370 g/mol. The zero-order valence-corrected chi connectivity index (χ0v) is 16.1. The molecule has 8 heteroatoms. The van der Waals surface area contributed by atoms with Gasteiger partial charge in [0.2, 0.25) is 5.95 Å². The molecule has 0 aliphatic carbocycles. The van der Waals surface area contributed by atoms with Gasteiger partial charge >= 0.3 is 0 Å².